The first-order valence-electron chi connectivity index (χ1n) is 13.2. The van der Waals surface area contributed by atoms with Gasteiger partial charge in [0.15, 0.2) is 0 Å². The van der Waals surface area contributed by atoms with Crippen LogP contribution in [0.2, 0.25) is 0 Å². The molecule has 2 N–H and O–H groups in total. The van der Waals surface area contributed by atoms with Gasteiger partial charge in [-0.2, -0.15) is 13.2 Å². The second-order valence-corrected chi connectivity index (χ2v) is 9.94. The lowest BCUT2D eigenvalue weighted by molar-refractivity contribution is -0.138. The van der Waals surface area contributed by atoms with Gasteiger partial charge in [-0.05, 0) is 71.8 Å². The number of carboxylic acids is 1. The van der Waals surface area contributed by atoms with Gasteiger partial charge in [-0.25, -0.2) is 0 Å². The summed E-state index contributed by atoms with van der Waals surface area (Å²) in [6.07, 6.45) is 1.20. The predicted molar refractivity (Wildman–Crippen MR) is 143 cm³/mol. The van der Waals surface area contributed by atoms with Gasteiger partial charge in [0.25, 0.3) is 5.91 Å². The Morgan fingerprint density at radius 1 is 0.923 bits per heavy atom. The van der Waals surface area contributed by atoms with Gasteiger partial charge in [0.1, 0.15) is 5.75 Å². The zero-order valence-corrected chi connectivity index (χ0v) is 21.5. The van der Waals surface area contributed by atoms with Crippen LogP contribution in [0.5, 0.6) is 5.75 Å². The second-order valence-electron chi connectivity index (χ2n) is 9.94. The second kappa shape index (κ2) is 12.8. The highest BCUT2D eigenvalue weighted by atomic mass is 19.4. The van der Waals surface area contributed by atoms with E-state index in [-0.39, 0.29) is 24.8 Å². The molecule has 1 unspecified atom stereocenters. The molecule has 1 saturated carbocycles. The van der Waals surface area contributed by atoms with E-state index in [1.54, 1.807) is 30.3 Å². The molecule has 1 atom stereocenters. The summed E-state index contributed by atoms with van der Waals surface area (Å²) in [5.74, 6) is -0.128. The lowest BCUT2D eigenvalue weighted by Crippen LogP contribution is -2.26. The van der Waals surface area contributed by atoms with Crippen molar-refractivity contribution in [3.63, 3.8) is 0 Å². The number of carboxylic acid groups (broad SMARTS) is 1. The molecule has 4 rings (SSSR count). The third-order valence-corrected chi connectivity index (χ3v) is 7.25. The maximum Gasteiger partial charge on any atom is 0.416 e. The van der Waals surface area contributed by atoms with Crippen molar-refractivity contribution in [1.82, 2.24) is 5.32 Å². The maximum absolute atomic E-state index is 13.2. The Labute approximate surface area is 226 Å². The quantitative estimate of drug-likeness (QED) is 0.283. The van der Waals surface area contributed by atoms with E-state index in [0.29, 0.717) is 29.4 Å². The summed E-state index contributed by atoms with van der Waals surface area (Å²) >= 11 is 0. The minimum atomic E-state index is -4.39. The summed E-state index contributed by atoms with van der Waals surface area (Å²) in [5.41, 5.74) is 2.09. The Hall–Kier alpha value is -3.81. The van der Waals surface area contributed by atoms with Crippen LogP contribution in [0.4, 0.5) is 13.2 Å². The Morgan fingerprint density at radius 2 is 1.62 bits per heavy atom. The molecule has 1 aliphatic rings. The zero-order chi connectivity index (χ0) is 27.8. The lowest BCUT2D eigenvalue weighted by Gasteiger charge is -2.31. The number of halogens is 3. The van der Waals surface area contributed by atoms with Crippen molar-refractivity contribution in [2.75, 3.05) is 13.2 Å². The largest absolute Gasteiger partial charge is 0.493 e. The summed E-state index contributed by atoms with van der Waals surface area (Å²) in [6.45, 7) is 0.500. The molecule has 0 bridgehead atoms. The predicted octanol–water partition coefficient (Wildman–Crippen LogP) is 7.32. The molecular weight excluding hydrogens is 507 g/mol. The van der Waals surface area contributed by atoms with Crippen molar-refractivity contribution in [1.29, 1.82) is 0 Å². The van der Waals surface area contributed by atoms with Gasteiger partial charge in [0.05, 0.1) is 18.6 Å². The van der Waals surface area contributed by atoms with Crippen LogP contribution in [0.1, 0.15) is 65.9 Å². The summed E-state index contributed by atoms with van der Waals surface area (Å²) in [4.78, 5) is 22.8. The molecule has 1 aliphatic carbocycles. The van der Waals surface area contributed by atoms with E-state index in [9.17, 15) is 22.8 Å². The fraction of sp³-hybridized carbons (Fsp3) is 0.355. The number of benzene rings is 3. The third-order valence-electron chi connectivity index (χ3n) is 7.25. The monoisotopic (exact) mass is 539 g/mol. The number of alkyl halides is 3. The smallest absolute Gasteiger partial charge is 0.416 e. The molecule has 0 spiro atoms. The van der Waals surface area contributed by atoms with Crippen molar-refractivity contribution in [3.8, 4) is 16.9 Å². The molecule has 3 aromatic rings. The fourth-order valence-electron chi connectivity index (χ4n) is 5.11. The average molecular weight is 540 g/mol. The summed E-state index contributed by atoms with van der Waals surface area (Å²) < 4.78 is 45.7. The van der Waals surface area contributed by atoms with Crippen molar-refractivity contribution in [3.05, 3.63) is 89.5 Å². The first-order valence-corrected chi connectivity index (χ1v) is 13.2. The molecular formula is C31H32F3NO4. The van der Waals surface area contributed by atoms with E-state index in [4.69, 9.17) is 9.84 Å². The van der Waals surface area contributed by atoms with Gasteiger partial charge in [-0.15, -0.1) is 0 Å². The van der Waals surface area contributed by atoms with E-state index < -0.39 is 17.7 Å². The van der Waals surface area contributed by atoms with Gasteiger partial charge in [0, 0.05) is 18.0 Å². The molecule has 5 nitrogen and oxygen atoms in total. The highest BCUT2D eigenvalue weighted by Crippen LogP contribution is 2.38. The van der Waals surface area contributed by atoms with E-state index in [0.717, 1.165) is 42.9 Å². The first-order chi connectivity index (χ1) is 18.7. The number of rotatable bonds is 10. The molecule has 8 heteroatoms. The topological polar surface area (TPSA) is 75.6 Å². The highest BCUT2D eigenvalue weighted by Gasteiger charge is 2.30. The normalized spacial score (nSPS) is 14.9. The van der Waals surface area contributed by atoms with E-state index in [2.05, 4.69) is 5.32 Å². The van der Waals surface area contributed by atoms with Gasteiger partial charge in [-0.1, -0.05) is 55.7 Å². The van der Waals surface area contributed by atoms with Gasteiger partial charge < -0.3 is 15.2 Å². The molecule has 39 heavy (non-hydrogen) atoms. The Balaban J connectivity index is 1.45. The Kier molecular flexibility index (Phi) is 9.28. The first kappa shape index (κ1) is 28.2. The lowest BCUT2D eigenvalue weighted by atomic mass is 9.77. The summed E-state index contributed by atoms with van der Waals surface area (Å²) in [5, 5.41) is 11.3. The maximum atomic E-state index is 13.2. The molecule has 0 aromatic heterocycles. The number of hydrogen-bond donors (Lipinski definition) is 2. The molecule has 1 amide bonds. The minimum absolute atomic E-state index is 0.0576. The van der Waals surface area contributed by atoms with Crippen LogP contribution in [0.3, 0.4) is 0 Å². The van der Waals surface area contributed by atoms with Crippen LogP contribution in [-0.4, -0.2) is 30.1 Å². The molecule has 0 aliphatic heterocycles. The summed E-state index contributed by atoms with van der Waals surface area (Å²) in [6, 6.07) is 19.8. The van der Waals surface area contributed by atoms with E-state index >= 15 is 0 Å². The Morgan fingerprint density at radius 3 is 2.26 bits per heavy atom. The molecule has 1 fully saturated rings. The number of ether oxygens (including phenoxy) is 1. The van der Waals surface area contributed by atoms with Crippen molar-refractivity contribution in [2.45, 2.75) is 50.6 Å². The number of aliphatic carboxylic acids is 1. The summed E-state index contributed by atoms with van der Waals surface area (Å²) in [7, 11) is 0. The van der Waals surface area contributed by atoms with E-state index in [1.807, 2.05) is 24.3 Å². The van der Waals surface area contributed by atoms with E-state index in [1.165, 1.54) is 18.6 Å². The number of carbonyl (C=O) groups excluding carboxylic acids is 1. The van der Waals surface area contributed by atoms with Crippen LogP contribution in [0.25, 0.3) is 11.1 Å². The minimum Gasteiger partial charge on any atom is -0.493 e. The zero-order valence-electron chi connectivity index (χ0n) is 21.5. The highest BCUT2D eigenvalue weighted by molar-refractivity contribution is 5.94. The van der Waals surface area contributed by atoms with Gasteiger partial charge >= 0.3 is 12.1 Å². The average Bonchev–Trinajstić information content (AvgIpc) is 2.94. The SMILES string of the molecule is O=C(O)CCNC(=O)c1ccc(OCC(c2ccc(-c3cccc(C(F)(F)F)c3)cc2)C2CCCCC2)cc1. The van der Waals surface area contributed by atoms with Crippen LogP contribution in [0, 0.1) is 5.92 Å². The van der Waals surface area contributed by atoms with Gasteiger partial charge in [0.2, 0.25) is 0 Å². The van der Waals surface area contributed by atoms with Crippen LogP contribution in [-0.2, 0) is 11.0 Å². The molecule has 0 heterocycles. The van der Waals surface area contributed by atoms with Crippen LogP contribution >= 0.6 is 0 Å². The molecule has 206 valence electrons. The molecule has 3 aromatic carbocycles. The number of hydrogen-bond acceptors (Lipinski definition) is 3. The Bertz CT molecular complexity index is 1250. The van der Waals surface area contributed by atoms with Crippen molar-refractivity contribution >= 4 is 11.9 Å². The number of carbonyl (C=O) groups is 2. The van der Waals surface area contributed by atoms with Gasteiger partial charge in [-0.3, -0.25) is 9.59 Å². The van der Waals surface area contributed by atoms with Crippen molar-refractivity contribution < 1.29 is 32.6 Å². The van der Waals surface area contributed by atoms with Crippen LogP contribution in [0.15, 0.2) is 72.8 Å². The number of nitrogens with one attached hydrogen (secondary N) is 1. The standard InChI is InChI=1S/C31H32F3NO4/c32-31(33,34)26-8-4-7-25(19-26)21-9-11-23(12-10-21)28(22-5-2-1-3-6-22)20-39-27-15-13-24(14-16-27)30(38)35-18-17-29(36)37/h4,7-16,19,22,28H,1-3,5-6,17-18,20H2,(H,35,38)(H,36,37). The fourth-order valence-corrected chi connectivity index (χ4v) is 5.11. The van der Waals surface area contributed by atoms with Crippen LogP contribution < -0.4 is 10.1 Å². The third kappa shape index (κ3) is 7.85. The molecule has 0 saturated heterocycles. The number of amides is 1. The van der Waals surface area contributed by atoms with Crippen molar-refractivity contribution in [2.24, 2.45) is 5.92 Å². The molecule has 0 radical (unpaired) electrons.